The van der Waals surface area contributed by atoms with E-state index in [2.05, 4.69) is 5.32 Å². The van der Waals surface area contributed by atoms with Crippen molar-refractivity contribution in [3.8, 4) is 5.75 Å². The molecule has 2 aliphatic rings. The zero-order valence-electron chi connectivity index (χ0n) is 14.1. The maximum atomic E-state index is 12.1. The number of fused-ring (bicyclic) bond motifs is 1. The van der Waals surface area contributed by atoms with E-state index in [0.717, 1.165) is 10.5 Å². The minimum atomic E-state index is -0.383. The van der Waals surface area contributed by atoms with Gasteiger partial charge in [-0.05, 0) is 36.2 Å². The average molecular weight is 350 g/mol. The number of benzene rings is 2. The minimum Gasteiger partial charge on any atom is -0.489 e. The predicted octanol–water partition coefficient (Wildman–Crippen LogP) is 2.21. The quantitative estimate of drug-likeness (QED) is 0.811. The third-order valence-corrected chi connectivity index (χ3v) is 4.65. The number of piperidine rings is 1. The first kappa shape index (κ1) is 16.3. The molecule has 6 heteroatoms. The lowest BCUT2D eigenvalue weighted by Gasteiger charge is -2.16. The van der Waals surface area contributed by atoms with E-state index in [1.165, 1.54) is 0 Å². The van der Waals surface area contributed by atoms with Crippen LogP contribution in [0.2, 0.25) is 0 Å². The second-order valence-corrected chi connectivity index (χ2v) is 6.56. The van der Waals surface area contributed by atoms with E-state index in [1.807, 2.05) is 30.3 Å². The standard InChI is InChI=1S/C20H18N2O4/c23-18(11-22-19(24)16-10-17(16)20(22)25)21-14-6-8-15(9-7-14)26-12-13-4-2-1-3-5-13/h1-9,16-17H,10-12H2,(H,21,23). The van der Waals surface area contributed by atoms with Crippen LogP contribution in [0.25, 0.3) is 0 Å². The Bertz CT molecular complexity index is 828. The number of rotatable bonds is 6. The number of imide groups is 1. The number of carbonyl (C=O) groups excluding carboxylic acids is 3. The number of hydrogen-bond donors (Lipinski definition) is 1. The van der Waals surface area contributed by atoms with E-state index in [0.29, 0.717) is 24.5 Å². The molecule has 0 aromatic heterocycles. The molecule has 132 valence electrons. The molecule has 2 fully saturated rings. The summed E-state index contributed by atoms with van der Waals surface area (Å²) in [5.74, 6) is -0.505. The van der Waals surface area contributed by atoms with Crippen LogP contribution < -0.4 is 10.1 Å². The third kappa shape index (κ3) is 3.31. The zero-order valence-corrected chi connectivity index (χ0v) is 14.1. The smallest absolute Gasteiger partial charge is 0.244 e. The third-order valence-electron chi connectivity index (χ3n) is 4.65. The van der Waals surface area contributed by atoms with Crippen LogP contribution in [0.15, 0.2) is 54.6 Å². The van der Waals surface area contributed by atoms with Crippen molar-refractivity contribution in [3.63, 3.8) is 0 Å². The lowest BCUT2D eigenvalue weighted by atomic mass is 10.2. The fourth-order valence-electron chi connectivity index (χ4n) is 3.13. The highest BCUT2D eigenvalue weighted by molar-refractivity contribution is 6.11. The van der Waals surface area contributed by atoms with E-state index in [1.54, 1.807) is 24.3 Å². The maximum absolute atomic E-state index is 12.1. The number of amides is 3. The molecule has 6 nitrogen and oxygen atoms in total. The molecule has 2 aromatic rings. The Labute approximate surface area is 150 Å². The highest BCUT2D eigenvalue weighted by Crippen LogP contribution is 2.46. The molecule has 1 saturated heterocycles. The van der Waals surface area contributed by atoms with Gasteiger partial charge in [-0.1, -0.05) is 30.3 Å². The summed E-state index contributed by atoms with van der Waals surface area (Å²) in [5.41, 5.74) is 1.66. The summed E-state index contributed by atoms with van der Waals surface area (Å²) < 4.78 is 5.69. The van der Waals surface area contributed by atoms with E-state index < -0.39 is 0 Å². The Hall–Kier alpha value is -3.15. The number of ether oxygens (including phenoxy) is 1. The first-order valence-corrected chi connectivity index (χ1v) is 8.53. The topological polar surface area (TPSA) is 75.7 Å². The molecule has 26 heavy (non-hydrogen) atoms. The molecule has 1 aliphatic carbocycles. The summed E-state index contributed by atoms with van der Waals surface area (Å²) in [6.07, 6.45) is 0.639. The van der Waals surface area contributed by atoms with Crippen LogP contribution in [0.5, 0.6) is 5.75 Å². The molecule has 0 bridgehead atoms. The molecule has 2 atom stereocenters. The van der Waals surface area contributed by atoms with E-state index in [9.17, 15) is 14.4 Å². The van der Waals surface area contributed by atoms with Gasteiger partial charge in [-0.2, -0.15) is 0 Å². The monoisotopic (exact) mass is 350 g/mol. The molecule has 2 unspecified atom stereocenters. The second kappa shape index (κ2) is 6.63. The highest BCUT2D eigenvalue weighted by Gasteiger charge is 2.59. The number of anilines is 1. The van der Waals surface area contributed by atoms with Gasteiger partial charge in [0.15, 0.2) is 0 Å². The number of likely N-dealkylation sites (tertiary alicyclic amines) is 1. The summed E-state index contributed by atoms with van der Waals surface area (Å²) >= 11 is 0. The maximum Gasteiger partial charge on any atom is 0.244 e. The van der Waals surface area contributed by atoms with Crippen molar-refractivity contribution in [2.75, 3.05) is 11.9 Å². The Morgan fingerprint density at radius 3 is 2.31 bits per heavy atom. The first-order valence-electron chi connectivity index (χ1n) is 8.53. The molecule has 3 amide bonds. The van der Waals surface area contributed by atoms with Crippen LogP contribution in [0.3, 0.4) is 0 Å². The van der Waals surface area contributed by atoms with Gasteiger partial charge in [0.2, 0.25) is 17.7 Å². The van der Waals surface area contributed by atoms with Crippen molar-refractivity contribution >= 4 is 23.4 Å². The van der Waals surface area contributed by atoms with Gasteiger partial charge >= 0.3 is 0 Å². The molecule has 1 heterocycles. The summed E-state index contributed by atoms with van der Waals surface area (Å²) in [4.78, 5) is 36.9. The molecule has 2 aromatic carbocycles. The first-order chi connectivity index (χ1) is 12.6. The molecule has 1 aliphatic heterocycles. The SMILES string of the molecule is O=C(CN1C(=O)C2CC2C1=O)Nc1ccc(OCc2ccccc2)cc1. The van der Waals surface area contributed by atoms with E-state index in [-0.39, 0.29) is 36.1 Å². The molecule has 1 saturated carbocycles. The van der Waals surface area contributed by atoms with E-state index in [4.69, 9.17) is 4.74 Å². The fourth-order valence-corrected chi connectivity index (χ4v) is 3.13. The van der Waals surface area contributed by atoms with Gasteiger partial charge in [0.05, 0.1) is 11.8 Å². The van der Waals surface area contributed by atoms with Crippen molar-refractivity contribution < 1.29 is 19.1 Å². The highest BCUT2D eigenvalue weighted by atomic mass is 16.5. The predicted molar refractivity (Wildman–Crippen MR) is 94.2 cm³/mol. The van der Waals surface area contributed by atoms with Gasteiger partial charge < -0.3 is 10.1 Å². The van der Waals surface area contributed by atoms with E-state index >= 15 is 0 Å². The van der Waals surface area contributed by atoms with Crippen molar-refractivity contribution in [1.29, 1.82) is 0 Å². The van der Waals surface area contributed by atoms with Gasteiger partial charge in [-0.25, -0.2) is 0 Å². The molecular formula is C20H18N2O4. The number of carbonyl (C=O) groups is 3. The number of nitrogens with zero attached hydrogens (tertiary/aromatic N) is 1. The second-order valence-electron chi connectivity index (χ2n) is 6.56. The van der Waals surface area contributed by atoms with Crippen LogP contribution in [-0.4, -0.2) is 29.2 Å². The van der Waals surface area contributed by atoms with Crippen LogP contribution >= 0.6 is 0 Å². The summed E-state index contributed by atoms with van der Waals surface area (Å²) in [6, 6.07) is 16.8. The van der Waals surface area contributed by atoms with Crippen molar-refractivity contribution in [3.05, 3.63) is 60.2 Å². The van der Waals surface area contributed by atoms with Crippen molar-refractivity contribution in [2.24, 2.45) is 11.8 Å². The Morgan fingerprint density at radius 1 is 1.00 bits per heavy atom. The Balaban J connectivity index is 1.29. The fraction of sp³-hybridized carbons (Fsp3) is 0.250. The Kier molecular flexibility index (Phi) is 4.16. The van der Waals surface area contributed by atoms with Crippen LogP contribution in [-0.2, 0) is 21.0 Å². The molecule has 0 spiro atoms. The van der Waals surface area contributed by atoms with Gasteiger partial charge in [0.25, 0.3) is 0 Å². The molecular weight excluding hydrogens is 332 g/mol. The van der Waals surface area contributed by atoms with Crippen molar-refractivity contribution in [2.45, 2.75) is 13.0 Å². The number of nitrogens with one attached hydrogen (secondary N) is 1. The summed E-state index contributed by atoms with van der Waals surface area (Å²) in [5, 5.41) is 2.70. The summed E-state index contributed by atoms with van der Waals surface area (Å²) in [7, 11) is 0. The van der Waals surface area contributed by atoms with Gasteiger partial charge in [0.1, 0.15) is 18.9 Å². The van der Waals surface area contributed by atoms with Crippen LogP contribution in [0.1, 0.15) is 12.0 Å². The molecule has 0 radical (unpaired) electrons. The normalized spacial score (nSPS) is 20.7. The molecule has 1 N–H and O–H groups in total. The van der Waals surface area contributed by atoms with Crippen LogP contribution in [0, 0.1) is 11.8 Å². The number of hydrogen-bond acceptors (Lipinski definition) is 4. The van der Waals surface area contributed by atoms with Crippen molar-refractivity contribution in [1.82, 2.24) is 4.90 Å². The summed E-state index contributed by atoms with van der Waals surface area (Å²) in [6.45, 7) is 0.241. The lowest BCUT2D eigenvalue weighted by Crippen LogP contribution is -2.39. The minimum absolute atomic E-state index is 0.184. The van der Waals surface area contributed by atoms with Crippen LogP contribution in [0.4, 0.5) is 5.69 Å². The van der Waals surface area contributed by atoms with Gasteiger partial charge in [-0.3, -0.25) is 19.3 Å². The average Bonchev–Trinajstić information content (AvgIpc) is 3.42. The van der Waals surface area contributed by atoms with Gasteiger partial charge in [-0.15, -0.1) is 0 Å². The van der Waals surface area contributed by atoms with Gasteiger partial charge in [0, 0.05) is 5.69 Å². The largest absolute Gasteiger partial charge is 0.489 e. The molecule has 4 rings (SSSR count). The zero-order chi connectivity index (χ0) is 18.1. The Morgan fingerprint density at radius 2 is 1.65 bits per heavy atom. The lowest BCUT2D eigenvalue weighted by molar-refractivity contribution is -0.143.